The quantitative estimate of drug-likeness (QED) is 0.640. The predicted octanol–water partition coefficient (Wildman–Crippen LogP) is 3.09. The highest BCUT2D eigenvalue weighted by Crippen LogP contribution is 2.33. The highest BCUT2D eigenvalue weighted by molar-refractivity contribution is 5.62. The fourth-order valence-electron chi connectivity index (χ4n) is 2.66. The highest BCUT2D eigenvalue weighted by Gasteiger charge is 2.27. The average Bonchev–Trinajstić information content (AvgIpc) is 2.47. The maximum Gasteiger partial charge on any atom is 0.372 e. The van der Waals surface area contributed by atoms with E-state index in [1.807, 2.05) is 6.92 Å². The Hall–Kier alpha value is -1.92. The van der Waals surface area contributed by atoms with Gasteiger partial charge in [-0.1, -0.05) is 26.2 Å². The van der Waals surface area contributed by atoms with Crippen molar-refractivity contribution in [3.63, 3.8) is 0 Å². The Kier molecular flexibility index (Phi) is 5.30. The van der Waals surface area contributed by atoms with E-state index in [1.54, 1.807) is 0 Å². The third-order valence-corrected chi connectivity index (χ3v) is 3.69. The third kappa shape index (κ3) is 3.80. The smallest absolute Gasteiger partial charge is 0.372 e. The first-order valence-electron chi connectivity index (χ1n) is 7.51. The van der Waals surface area contributed by atoms with E-state index in [4.69, 9.17) is 4.74 Å². The van der Waals surface area contributed by atoms with Crippen LogP contribution in [0.25, 0.3) is 0 Å². The van der Waals surface area contributed by atoms with Gasteiger partial charge < -0.3 is 10.1 Å². The zero-order chi connectivity index (χ0) is 15.2. The topological polar surface area (TPSA) is 90.2 Å². The van der Waals surface area contributed by atoms with Crippen molar-refractivity contribution in [2.24, 2.45) is 0 Å². The van der Waals surface area contributed by atoms with Crippen LogP contribution in [-0.4, -0.2) is 28.0 Å². The summed E-state index contributed by atoms with van der Waals surface area (Å²) >= 11 is 0. The molecule has 21 heavy (non-hydrogen) atoms. The number of ether oxygens (including phenoxy) is 1. The van der Waals surface area contributed by atoms with E-state index >= 15 is 0 Å². The monoisotopic (exact) mass is 294 g/mol. The third-order valence-electron chi connectivity index (χ3n) is 3.69. The lowest BCUT2D eigenvalue weighted by atomic mass is 9.95. The lowest BCUT2D eigenvalue weighted by molar-refractivity contribution is -0.385. The van der Waals surface area contributed by atoms with Gasteiger partial charge in [0.05, 0.1) is 12.0 Å². The van der Waals surface area contributed by atoms with Gasteiger partial charge in [-0.05, 0) is 19.3 Å². The molecule has 2 rings (SSSR count). The number of nitrogens with one attached hydrogen (secondary N) is 1. The molecule has 0 amide bonds. The van der Waals surface area contributed by atoms with Crippen molar-refractivity contribution in [1.29, 1.82) is 0 Å². The van der Waals surface area contributed by atoms with Gasteiger partial charge >= 0.3 is 5.69 Å². The predicted molar refractivity (Wildman–Crippen MR) is 79.7 cm³/mol. The Morgan fingerprint density at radius 2 is 2.05 bits per heavy atom. The minimum atomic E-state index is -0.473. The first-order chi connectivity index (χ1) is 10.2. The number of nitrogens with zero attached hydrogens (tertiary/aromatic N) is 3. The SMILES string of the molecule is CCCc1nc(NC2CCCCC2)c([N+](=O)[O-])c(OC)n1. The summed E-state index contributed by atoms with van der Waals surface area (Å²) in [4.78, 5) is 19.3. The van der Waals surface area contributed by atoms with Crippen molar-refractivity contribution in [2.75, 3.05) is 12.4 Å². The van der Waals surface area contributed by atoms with Crippen LogP contribution in [0.4, 0.5) is 11.5 Å². The first-order valence-corrected chi connectivity index (χ1v) is 7.51. The minimum Gasteiger partial charge on any atom is -0.476 e. The molecule has 1 saturated carbocycles. The Balaban J connectivity index is 2.34. The van der Waals surface area contributed by atoms with E-state index in [0.717, 1.165) is 32.1 Å². The van der Waals surface area contributed by atoms with Crippen LogP contribution >= 0.6 is 0 Å². The summed E-state index contributed by atoms with van der Waals surface area (Å²) < 4.78 is 5.09. The van der Waals surface area contributed by atoms with E-state index in [9.17, 15) is 10.1 Å². The molecule has 1 N–H and O–H groups in total. The minimum absolute atomic E-state index is 0.0387. The number of rotatable bonds is 6. The van der Waals surface area contributed by atoms with E-state index < -0.39 is 4.92 Å². The largest absolute Gasteiger partial charge is 0.476 e. The second-order valence-corrected chi connectivity index (χ2v) is 5.33. The summed E-state index contributed by atoms with van der Waals surface area (Å²) in [6.45, 7) is 2.02. The number of nitro groups is 1. The molecule has 1 aromatic heterocycles. The molecule has 0 radical (unpaired) electrons. The molecule has 1 heterocycles. The van der Waals surface area contributed by atoms with Crippen LogP contribution < -0.4 is 10.1 Å². The normalized spacial score (nSPS) is 15.7. The van der Waals surface area contributed by atoms with E-state index in [1.165, 1.54) is 13.5 Å². The summed E-state index contributed by atoms with van der Waals surface area (Å²) in [5.74, 6) is 0.914. The van der Waals surface area contributed by atoms with Gasteiger partial charge in [0.25, 0.3) is 5.88 Å². The highest BCUT2D eigenvalue weighted by atomic mass is 16.6. The standard InChI is InChI=1S/C14H22N4O3/c1-3-7-11-16-13(15-10-8-5-4-6-9-10)12(18(19)20)14(17-11)21-2/h10H,3-9H2,1-2H3,(H,15,16,17). The molecule has 116 valence electrons. The van der Waals surface area contributed by atoms with Crippen molar-refractivity contribution in [1.82, 2.24) is 9.97 Å². The molecule has 1 aliphatic carbocycles. The molecule has 0 aromatic carbocycles. The maximum atomic E-state index is 11.3. The van der Waals surface area contributed by atoms with Crippen molar-refractivity contribution in [3.8, 4) is 5.88 Å². The van der Waals surface area contributed by atoms with Gasteiger partial charge in [0.15, 0.2) is 0 Å². The van der Waals surface area contributed by atoms with Crippen LogP contribution in [0.5, 0.6) is 5.88 Å². The summed E-state index contributed by atoms with van der Waals surface area (Å²) in [7, 11) is 1.40. The molecule has 0 saturated heterocycles. The summed E-state index contributed by atoms with van der Waals surface area (Å²) in [5, 5.41) is 14.5. The molecule has 0 aliphatic heterocycles. The molecule has 0 bridgehead atoms. The number of hydrogen-bond acceptors (Lipinski definition) is 6. The second-order valence-electron chi connectivity index (χ2n) is 5.33. The van der Waals surface area contributed by atoms with Crippen molar-refractivity contribution < 1.29 is 9.66 Å². The van der Waals surface area contributed by atoms with Gasteiger partial charge in [0.2, 0.25) is 5.82 Å². The molecule has 7 nitrogen and oxygen atoms in total. The van der Waals surface area contributed by atoms with Gasteiger partial charge in [-0.25, -0.2) is 4.98 Å². The lowest BCUT2D eigenvalue weighted by Crippen LogP contribution is -2.24. The van der Waals surface area contributed by atoms with Crippen molar-refractivity contribution >= 4 is 11.5 Å². The molecule has 0 spiro atoms. The van der Waals surface area contributed by atoms with Crippen LogP contribution in [-0.2, 0) is 6.42 Å². The Morgan fingerprint density at radius 1 is 1.33 bits per heavy atom. The van der Waals surface area contributed by atoms with E-state index in [-0.39, 0.29) is 17.6 Å². The molecule has 7 heteroatoms. The number of aryl methyl sites for hydroxylation is 1. The zero-order valence-corrected chi connectivity index (χ0v) is 12.6. The Bertz CT molecular complexity index is 501. The molecular formula is C14H22N4O3. The molecular weight excluding hydrogens is 272 g/mol. The molecule has 1 fully saturated rings. The second kappa shape index (κ2) is 7.19. The Labute approximate surface area is 124 Å². The van der Waals surface area contributed by atoms with Gasteiger partial charge in [0.1, 0.15) is 5.82 Å². The van der Waals surface area contributed by atoms with Gasteiger partial charge in [-0.2, -0.15) is 4.98 Å². The lowest BCUT2D eigenvalue weighted by Gasteiger charge is -2.23. The molecule has 0 unspecified atom stereocenters. The van der Waals surface area contributed by atoms with Crippen molar-refractivity contribution in [2.45, 2.75) is 57.9 Å². The number of aromatic nitrogens is 2. The number of anilines is 1. The van der Waals surface area contributed by atoms with Gasteiger partial charge in [0, 0.05) is 12.5 Å². The van der Waals surface area contributed by atoms with Crippen LogP contribution in [0.3, 0.4) is 0 Å². The summed E-state index contributed by atoms with van der Waals surface area (Å²) in [5.41, 5.74) is -0.164. The van der Waals surface area contributed by atoms with Gasteiger partial charge in [-0.3, -0.25) is 10.1 Å². The first kappa shape index (κ1) is 15.5. The summed E-state index contributed by atoms with van der Waals surface area (Å²) in [6, 6.07) is 0.242. The molecule has 0 atom stereocenters. The summed E-state index contributed by atoms with van der Waals surface area (Å²) in [6.07, 6.45) is 7.12. The fraction of sp³-hybridized carbons (Fsp3) is 0.714. The van der Waals surface area contributed by atoms with Crippen LogP contribution in [0, 0.1) is 10.1 Å². The van der Waals surface area contributed by atoms with Gasteiger partial charge in [-0.15, -0.1) is 0 Å². The molecule has 1 aromatic rings. The molecule has 1 aliphatic rings. The van der Waals surface area contributed by atoms with Crippen LogP contribution in [0.2, 0.25) is 0 Å². The average molecular weight is 294 g/mol. The maximum absolute atomic E-state index is 11.3. The fourth-order valence-corrected chi connectivity index (χ4v) is 2.66. The van der Waals surface area contributed by atoms with Crippen LogP contribution in [0.15, 0.2) is 0 Å². The zero-order valence-electron chi connectivity index (χ0n) is 12.6. The Morgan fingerprint density at radius 3 is 2.62 bits per heavy atom. The van der Waals surface area contributed by atoms with Crippen LogP contribution in [0.1, 0.15) is 51.3 Å². The van der Waals surface area contributed by atoms with Crippen molar-refractivity contribution in [3.05, 3.63) is 15.9 Å². The van der Waals surface area contributed by atoms with E-state index in [0.29, 0.717) is 18.1 Å². The van der Waals surface area contributed by atoms with E-state index in [2.05, 4.69) is 15.3 Å². The number of methoxy groups -OCH3 is 1. The number of hydrogen-bond donors (Lipinski definition) is 1.